The summed E-state index contributed by atoms with van der Waals surface area (Å²) < 4.78 is 34.1. The van der Waals surface area contributed by atoms with Crippen molar-refractivity contribution in [3.8, 4) is 5.75 Å². The van der Waals surface area contributed by atoms with Gasteiger partial charge in [-0.25, -0.2) is 17.8 Å². The van der Waals surface area contributed by atoms with Crippen LogP contribution in [0.25, 0.3) is 0 Å². The molecule has 0 spiro atoms. The Balaban J connectivity index is 1.44. The van der Waals surface area contributed by atoms with Crippen molar-refractivity contribution in [2.45, 2.75) is 36.6 Å². The summed E-state index contributed by atoms with van der Waals surface area (Å²) in [6, 6.07) is 8.11. The van der Waals surface area contributed by atoms with Crippen LogP contribution in [0.2, 0.25) is 0 Å². The van der Waals surface area contributed by atoms with Gasteiger partial charge in [-0.05, 0) is 42.7 Å². The summed E-state index contributed by atoms with van der Waals surface area (Å²) in [7, 11) is -3.63. The van der Waals surface area contributed by atoms with E-state index < -0.39 is 10.0 Å². The molecule has 1 aromatic carbocycles. The quantitative estimate of drug-likeness (QED) is 0.830. The van der Waals surface area contributed by atoms with Crippen LogP contribution in [0.5, 0.6) is 5.75 Å². The lowest BCUT2D eigenvalue weighted by atomic mass is 10.2. The predicted molar refractivity (Wildman–Crippen MR) is 91.3 cm³/mol. The van der Waals surface area contributed by atoms with Crippen molar-refractivity contribution in [2.75, 3.05) is 13.2 Å². The minimum Gasteiger partial charge on any atom is -0.493 e. The van der Waals surface area contributed by atoms with Crippen molar-refractivity contribution in [3.05, 3.63) is 51.9 Å². The first-order valence-corrected chi connectivity index (χ1v) is 9.85. The van der Waals surface area contributed by atoms with Gasteiger partial charge in [-0.15, -0.1) is 0 Å². The maximum atomic E-state index is 12.4. The van der Waals surface area contributed by atoms with Gasteiger partial charge >= 0.3 is 0 Å². The Bertz CT molecular complexity index is 964. The zero-order valence-corrected chi connectivity index (χ0v) is 14.5. The average Bonchev–Trinajstić information content (AvgIpc) is 3.33. The van der Waals surface area contributed by atoms with Gasteiger partial charge in [-0.3, -0.25) is 4.79 Å². The molecule has 0 unspecified atom stereocenters. The van der Waals surface area contributed by atoms with Crippen molar-refractivity contribution in [1.29, 1.82) is 0 Å². The monoisotopic (exact) mass is 361 g/mol. The Morgan fingerprint density at radius 2 is 2.08 bits per heavy atom. The van der Waals surface area contributed by atoms with Gasteiger partial charge in [0.15, 0.2) is 0 Å². The van der Waals surface area contributed by atoms with Crippen LogP contribution in [-0.4, -0.2) is 31.3 Å². The van der Waals surface area contributed by atoms with Crippen LogP contribution >= 0.6 is 0 Å². The summed E-state index contributed by atoms with van der Waals surface area (Å²) in [5.74, 6) is 1.18. The lowest BCUT2D eigenvalue weighted by Gasteiger charge is -2.09. The van der Waals surface area contributed by atoms with E-state index in [4.69, 9.17) is 4.74 Å². The second-order valence-electron chi connectivity index (χ2n) is 6.36. The molecule has 1 aliphatic heterocycles. The van der Waals surface area contributed by atoms with Crippen LogP contribution in [-0.2, 0) is 23.0 Å². The number of sulfonamides is 1. The normalized spacial score (nSPS) is 16.5. The predicted octanol–water partition coefficient (Wildman–Crippen LogP) is 1.03. The first kappa shape index (κ1) is 16.3. The molecule has 0 amide bonds. The Hall–Kier alpha value is -2.19. The molecule has 0 bridgehead atoms. The standard InChI is InChI=1S/C17H19N3O4S/c21-17-6-4-15(12-1-2-12)19-20(17)9-8-18-25(22,23)14-3-5-16-13(11-14)7-10-24-16/h3-6,11-12,18H,1-2,7-10H2. The maximum absolute atomic E-state index is 12.4. The van der Waals surface area contributed by atoms with E-state index in [2.05, 4.69) is 9.82 Å². The second kappa shape index (κ2) is 6.27. The molecule has 1 aromatic heterocycles. The number of ether oxygens (including phenoxy) is 1. The summed E-state index contributed by atoms with van der Waals surface area (Å²) in [6.45, 7) is 0.891. The average molecular weight is 361 g/mol. The fourth-order valence-corrected chi connectivity index (χ4v) is 3.99. The zero-order valence-electron chi connectivity index (χ0n) is 13.6. The van der Waals surface area contributed by atoms with E-state index >= 15 is 0 Å². The second-order valence-corrected chi connectivity index (χ2v) is 8.13. The van der Waals surface area contributed by atoms with E-state index in [1.54, 1.807) is 18.2 Å². The Morgan fingerprint density at radius 1 is 1.24 bits per heavy atom. The molecule has 1 fully saturated rings. The fraction of sp³-hybridized carbons (Fsp3) is 0.412. The lowest BCUT2D eigenvalue weighted by molar-refractivity contribution is 0.356. The Kier molecular flexibility index (Phi) is 4.09. The highest BCUT2D eigenvalue weighted by Gasteiger charge is 2.25. The molecular formula is C17H19N3O4S. The molecule has 0 saturated heterocycles. The molecule has 4 rings (SSSR count). The van der Waals surface area contributed by atoms with Gasteiger partial charge in [-0.1, -0.05) is 0 Å². The third kappa shape index (κ3) is 3.45. The van der Waals surface area contributed by atoms with E-state index in [0.717, 1.165) is 29.8 Å². The molecule has 2 heterocycles. The molecule has 0 atom stereocenters. The number of rotatable bonds is 6. The molecule has 1 saturated carbocycles. The van der Waals surface area contributed by atoms with E-state index in [0.29, 0.717) is 18.9 Å². The number of hydrogen-bond acceptors (Lipinski definition) is 5. The van der Waals surface area contributed by atoms with Gasteiger partial charge in [0.25, 0.3) is 5.56 Å². The van der Waals surface area contributed by atoms with Gasteiger partial charge in [0.05, 0.1) is 23.7 Å². The van der Waals surface area contributed by atoms with Crippen molar-refractivity contribution in [2.24, 2.45) is 0 Å². The molecule has 8 heteroatoms. The minimum absolute atomic E-state index is 0.108. The van der Waals surface area contributed by atoms with E-state index in [9.17, 15) is 13.2 Å². The number of aromatic nitrogens is 2. The number of fused-ring (bicyclic) bond motifs is 1. The van der Waals surface area contributed by atoms with Gasteiger partial charge in [-0.2, -0.15) is 5.10 Å². The molecule has 1 aliphatic carbocycles. The van der Waals surface area contributed by atoms with Crippen LogP contribution < -0.4 is 15.0 Å². The van der Waals surface area contributed by atoms with E-state index in [-0.39, 0.29) is 23.5 Å². The molecule has 2 aromatic rings. The summed E-state index contributed by atoms with van der Waals surface area (Å²) in [6.07, 6.45) is 2.91. The smallest absolute Gasteiger partial charge is 0.266 e. The van der Waals surface area contributed by atoms with Crippen molar-refractivity contribution >= 4 is 10.0 Å². The topological polar surface area (TPSA) is 90.3 Å². The first-order valence-electron chi connectivity index (χ1n) is 8.36. The highest BCUT2D eigenvalue weighted by Crippen LogP contribution is 2.38. The summed E-state index contributed by atoms with van der Waals surface area (Å²) >= 11 is 0. The number of nitrogens with zero attached hydrogens (tertiary/aromatic N) is 2. The van der Waals surface area contributed by atoms with Crippen LogP contribution in [0, 0.1) is 0 Å². The van der Waals surface area contributed by atoms with Gasteiger partial charge in [0, 0.05) is 24.9 Å². The fourth-order valence-electron chi connectivity index (χ4n) is 2.92. The summed E-state index contributed by atoms with van der Waals surface area (Å²) in [5, 5.41) is 4.33. The van der Waals surface area contributed by atoms with E-state index in [1.807, 2.05) is 0 Å². The number of nitrogens with one attached hydrogen (secondary N) is 1. The van der Waals surface area contributed by atoms with Crippen molar-refractivity contribution in [3.63, 3.8) is 0 Å². The molecule has 0 radical (unpaired) electrons. The molecular weight excluding hydrogens is 342 g/mol. The first-order chi connectivity index (χ1) is 12.0. The van der Waals surface area contributed by atoms with Gasteiger partial charge < -0.3 is 4.74 Å². The Labute approximate surface area is 145 Å². The van der Waals surface area contributed by atoms with Crippen LogP contribution in [0.4, 0.5) is 0 Å². The van der Waals surface area contributed by atoms with Crippen LogP contribution in [0.15, 0.2) is 40.0 Å². The largest absolute Gasteiger partial charge is 0.493 e. The maximum Gasteiger partial charge on any atom is 0.266 e. The lowest BCUT2D eigenvalue weighted by Crippen LogP contribution is -2.32. The SMILES string of the molecule is O=c1ccc(C2CC2)nn1CCNS(=O)(=O)c1ccc2c(c1)CCO2. The minimum atomic E-state index is -3.63. The van der Waals surface area contributed by atoms with Gasteiger partial charge in [0.2, 0.25) is 10.0 Å². The van der Waals surface area contributed by atoms with Crippen LogP contribution in [0.3, 0.4) is 0 Å². The van der Waals surface area contributed by atoms with E-state index in [1.165, 1.54) is 16.8 Å². The highest BCUT2D eigenvalue weighted by molar-refractivity contribution is 7.89. The van der Waals surface area contributed by atoms with Gasteiger partial charge in [0.1, 0.15) is 5.75 Å². The zero-order chi connectivity index (χ0) is 17.4. The highest BCUT2D eigenvalue weighted by atomic mass is 32.2. The molecule has 132 valence electrons. The number of hydrogen-bond donors (Lipinski definition) is 1. The Morgan fingerprint density at radius 3 is 2.88 bits per heavy atom. The van der Waals surface area contributed by atoms with Crippen molar-refractivity contribution in [1.82, 2.24) is 14.5 Å². The molecule has 2 aliphatic rings. The van der Waals surface area contributed by atoms with Crippen molar-refractivity contribution < 1.29 is 13.2 Å². The molecule has 1 N–H and O–H groups in total. The summed E-state index contributed by atoms with van der Waals surface area (Å²) in [4.78, 5) is 12.1. The molecule has 25 heavy (non-hydrogen) atoms. The third-order valence-corrected chi connectivity index (χ3v) is 5.93. The molecule has 7 nitrogen and oxygen atoms in total. The number of benzene rings is 1. The van der Waals surface area contributed by atoms with Crippen LogP contribution in [0.1, 0.15) is 30.0 Å². The summed E-state index contributed by atoms with van der Waals surface area (Å²) in [5.41, 5.74) is 1.58. The third-order valence-electron chi connectivity index (χ3n) is 4.47.